The first kappa shape index (κ1) is 21.2. The van der Waals surface area contributed by atoms with Crippen LogP contribution < -0.4 is 10.1 Å². The van der Waals surface area contributed by atoms with Gasteiger partial charge in [-0.2, -0.15) is 13.2 Å². The molecule has 1 atom stereocenters. The largest absolute Gasteiger partial charge is 0.494 e. The van der Waals surface area contributed by atoms with Gasteiger partial charge in [-0.15, -0.1) is 24.8 Å². The molecule has 9 heteroatoms. The summed E-state index contributed by atoms with van der Waals surface area (Å²) in [6.45, 7) is 1.60. The van der Waals surface area contributed by atoms with Crippen molar-refractivity contribution in [1.82, 2.24) is 10.2 Å². The lowest BCUT2D eigenvalue weighted by molar-refractivity contribution is -0.187. The van der Waals surface area contributed by atoms with E-state index in [9.17, 15) is 17.6 Å². The quantitative estimate of drug-likeness (QED) is 0.833. The molecule has 1 aromatic carbocycles. The molecule has 1 aromatic rings. The Morgan fingerprint density at radius 2 is 1.77 bits per heavy atom. The Bertz CT molecular complexity index is 468. The molecule has 0 unspecified atom stereocenters. The molecule has 22 heavy (non-hydrogen) atoms. The fraction of sp³-hybridized carbons (Fsp3) is 0.538. The Morgan fingerprint density at radius 1 is 1.18 bits per heavy atom. The number of nitrogens with one attached hydrogen (secondary N) is 1. The zero-order valence-electron chi connectivity index (χ0n) is 11.8. The Hall–Kier alpha value is -0.760. The van der Waals surface area contributed by atoms with Crippen molar-refractivity contribution in [2.45, 2.75) is 12.2 Å². The number of alkyl halides is 3. The smallest absolute Gasteiger partial charge is 0.408 e. The van der Waals surface area contributed by atoms with E-state index in [0.29, 0.717) is 26.2 Å². The number of piperazine rings is 1. The molecular weight excluding hydrogens is 347 g/mol. The highest BCUT2D eigenvalue weighted by atomic mass is 35.5. The van der Waals surface area contributed by atoms with E-state index in [-0.39, 0.29) is 36.1 Å². The van der Waals surface area contributed by atoms with Crippen LogP contribution in [0.3, 0.4) is 0 Å². The molecule has 0 radical (unpaired) electrons. The molecule has 1 aliphatic heterocycles. The Balaban J connectivity index is 0.00000220. The third-order valence-electron chi connectivity index (χ3n) is 3.32. The van der Waals surface area contributed by atoms with Gasteiger partial charge in [-0.3, -0.25) is 4.90 Å². The van der Waals surface area contributed by atoms with Gasteiger partial charge in [-0.1, -0.05) is 6.07 Å². The summed E-state index contributed by atoms with van der Waals surface area (Å²) in [6.07, 6.45) is -4.42. The molecule has 1 aliphatic rings. The predicted molar refractivity (Wildman–Crippen MR) is 80.7 cm³/mol. The van der Waals surface area contributed by atoms with Gasteiger partial charge in [-0.25, -0.2) is 4.39 Å². The molecular formula is C13H18Cl2F4N2O. The van der Waals surface area contributed by atoms with Crippen LogP contribution in [0.5, 0.6) is 5.75 Å². The minimum Gasteiger partial charge on any atom is -0.494 e. The van der Waals surface area contributed by atoms with Gasteiger partial charge in [0.1, 0.15) is 6.04 Å². The molecule has 2 rings (SSSR count). The summed E-state index contributed by atoms with van der Waals surface area (Å²) in [7, 11) is 1.23. The molecule has 1 fully saturated rings. The standard InChI is InChI=1S/C13H16F4N2O.2ClH/c1-20-11-8-9(2-3-10(11)14)12(13(15,16)17)19-6-4-18-5-7-19;;/h2-3,8,12,18H,4-7H2,1H3;2*1H/t12-;;/m0../s1. The third-order valence-corrected chi connectivity index (χ3v) is 3.32. The van der Waals surface area contributed by atoms with Crippen molar-refractivity contribution in [3.63, 3.8) is 0 Å². The van der Waals surface area contributed by atoms with Gasteiger partial charge >= 0.3 is 6.18 Å². The first-order valence-corrected chi connectivity index (χ1v) is 6.28. The molecule has 128 valence electrons. The lowest BCUT2D eigenvalue weighted by Crippen LogP contribution is -2.49. The summed E-state index contributed by atoms with van der Waals surface area (Å²) in [6, 6.07) is 1.56. The molecule has 0 amide bonds. The van der Waals surface area contributed by atoms with Crippen molar-refractivity contribution in [1.29, 1.82) is 0 Å². The Labute approximate surface area is 138 Å². The molecule has 1 N–H and O–H groups in total. The van der Waals surface area contributed by atoms with E-state index < -0.39 is 18.0 Å². The highest BCUT2D eigenvalue weighted by Gasteiger charge is 2.45. The molecule has 0 saturated carbocycles. The van der Waals surface area contributed by atoms with Crippen molar-refractivity contribution in [2.24, 2.45) is 0 Å². The summed E-state index contributed by atoms with van der Waals surface area (Å²) in [5, 5.41) is 3.01. The number of benzene rings is 1. The van der Waals surface area contributed by atoms with Gasteiger partial charge in [-0.05, 0) is 17.7 Å². The lowest BCUT2D eigenvalue weighted by atomic mass is 10.0. The number of hydrogen-bond acceptors (Lipinski definition) is 3. The minimum absolute atomic E-state index is 0. The lowest BCUT2D eigenvalue weighted by Gasteiger charge is -2.36. The van der Waals surface area contributed by atoms with Crippen molar-refractivity contribution in [3.05, 3.63) is 29.6 Å². The van der Waals surface area contributed by atoms with E-state index in [1.165, 1.54) is 12.0 Å². The maximum atomic E-state index is 13.3. The maximum absolute atomic E-state index is 13.3. The number of nitrogens with zero attached hydrogens (tertiary/aromatic N) is 1. The second-order valence-electron chi connectivity index (χ2n) is 4.62. The molecule has 1 heterocycles. The van der Waals surface area contributed by atoms with E-state index >= 15 is 0 Å². The summed E-state index contributed by atoms with van der Waals surface area (Å²) in [4.78, 5) is 1.35. The van der Waals surface area contributed by atoms with Crippen LogP contribution in [-0.4, -0.2) is 44.4 Å². The first-order chi connectivity index (χ1) is 9.43. The van der Waals surface area contributed by atoms with Crippen LogP contribution in [0.4, 0.5) is 17.6 Å². The minimum atomic E-state index is -4.42. The highest BCUT2D eigenvalue weighted by molar-refractivity contribution is 5.85. The van der Waals surface area contributed by atoms with Gasteiger partial charge in [0, 0.05) is 26.2 Å². The van der Waals surface area contributed by atoms with Crippen LogP contribution in [0.2, 0.25) is 0 Å². The van der Waals surface area contributed by atoms with Crippen LogP contribution in [0.25, 0.3) is 0 Å². The zero-order valence-corrected chi connectivity index (χ0v) is 13.5. The number of hydrogen-bond donors (Lipinski definition) is 1. The number of halogens is 6. The van der Waals surface area contributed by atoms with Crippen LogP contribution in [0.1, 0.15) is 11.6 Å². The SMILES string of the molecule is COc1cc([C@H](N2CCNCC2)C(F)(F)F)ccc1F.Cl.Cl. The molecule has 0 bridgehead atoms. The van der Waals surface area contributed by atoms with E-state index in [0.717, 1.165) is 18.2 Å². The van der Waals surface area contributed by atoms with Crippen molar-refractivity contribution >= 4 is 24.8 Å². The van der Waals surface area contributed by atoms with Gasteiger partial charge in [0.05, 0.1) is 7.11 Å². The molecule has 0 aromatic heterocycles. The fourth-order valence-corrected chi connectivity index (χ4v) is 2.39. The second-order valence-corrected chi connectivity index (χ2v) is 4.62. The van der Waals surface area contributed by atoms with Gasteiger partial charge < -0.3 is 10.1 Å². The van der Waals surface area contributed by atoms with Gasteiger partial charge in [0.2, 0.25) is 0 Å². The predicted octanol–water partition coefficient (Wildman–Crippen LogP) is 3.19. The van der Waals surface area contributed by atoms with Crippen molar-refractivity contribution in [3.8, 4) is 5.75 Å². The topological polar surface area (TPSA) is 24.5 Å². The summed E-state index contributed by atoms with van der Waals surface area (Å²) >= 11 is 0. The normalized spacial score (nSPS) is 17.1. The zero-order chi connectivity index (χ0) is 14.8. The van der Waals surface area contributed by atoms with E-state index in [4.69, 9.17) is 4.74 Å². The van der Waals surface area contributed by atoms with Crippen LogP contribution in [0, 0.1) is 5.82 Å². The van der Waals surface area contributed by atoms with Crippen LogP contribution in [-0.2, 0) is 0 Å². The highest BCUT2D eigenvalue weighted by Crippen LogP contribution is 2.39. The average Bonchev–Trinajstić information content (AvgIpc) is 2.40. The monoisotopic (exact) mass is 364 g/mol. The third kappa shape index (κ3) is 4.87. The van der Waals surface area contributed by atoms with Crippen LogP contribution >= 0.6 is 24.8 Å². The number of rotatable bonds is 3. The number of ether oxygens (including phenoxy) is 1. The number of methoxy groups -OCH3 is 1. The Kier molecular flexibility index (Phi) is 8.46. The van der Waals surface area contributed by atoms with Crippen molar-refractivity contribution < 1.29 is 22.3 Å². The van der Waals surface area contributed by atoms with Gasteiger partial charge in [0.25, 0.3) is 0 Å². The maximum Gasteiger partial charge on any atom is 0.408 e. The van der Waals surface area contributed by atoms with Gasteiger partial charge in [0.15, 0.2) is 11.6 Å². The molecule has 0 spiro atoms. The molecule has 3 nitrogen and oxygen atoms in total. The Morgan fingerprint density at radius 3 is 2.27 bits per heavy atom. The molecule has 1 saturated heterocycles. The second kappa shape index (κ2) is 8.76. The first-order valence-electron chi connectivity index (χ1n) is 6.28. The fourth-order valence-electron chi connectivity index (χ4n) is 2.39. The van der Waals surface area contributed by atoms with Crippen LogP contribution in [0.15, 0.2) is 18.2 Å². The summed E-state index contributed by atoms with van der Waals surface area (Å²) < 4.78 is 58.1. The van der Waals surface area contributed by atoms with Crippen molar-refractivity contribution in [2.75, 3.05) is 33.3 Å². The average molecular weight is 365 g/mol. The molecule has 0 aliphatic carbocycles. The van der Waals surface area contributed by atoms with E-state index in [1.807, 2.05) is 0 Å². The van der Waals surface area contributed by atoms with E-state index in [2.05, 4.69) is 5.32 Å². The summed E-state index contributed by atoms with van der Waals surface area (Å²) in [5.74, 6) is -0.843. The summed E-state index contributed by atoms with van der Waals surface area (Å²) in [5.41, 5.74) is -0.00218. The van der Waals surface area contributed by atoms with E-state index in [1.54, 1.807) is 0 Å².